The van der Waals surface area contributed by atoms with Gasteiger partial charge in [0.15, 0.2) is 0 Å². The van der Waals surface area contributed by atoms with Gasteiger partial charge in [-0.15, -0.1) is 0 Å². The standard InChI is InChI=1S/C9H15NO/c1-8(7-10)9(11)5-3-2-4-6-9/h7,10-11H,1-6H2. The van der Waals surface area contributed by atoms with Crippen molar-refractivity contribution in [1.29, 1.82) is 5.41 Å². The predicted octanol–water partition coefficient (Wildman–Crippen LogP) is 1.89. The molecule has 0 heterocycles. The minimum atomic E-state index is -0.750. The van der Waals surface area contributed by atoms with E-state index in [1.165, 1.54) is 12.6 Å². The van der Waals surface area contributed by atoms with Crippen LogP contribution in [0.5, 0.6) is 0 Å². The van der Waals surface area contributed by atoms with Gasteiger partial charge in [-0.2, -0.15) is 0 Å². The van der Waals surface area contributed by atoms with Crippen molar-refractivity contribution < 1.29 is 5.11 Å². The Morgan fingerprint density at radius 3 is 2.36 bits per heavy atom. The van der Waals surface area contributed by atoms with Gasteiger partial charge in [0, 0.05) is 6.21 Å². The number of rotatable bonds is 2. The predicted molar refractivity (Wildman–Crippen MR) is 46.0 cm³/mol. The third kappa shape index (κ3) is 1.69. The summed E-state index contributed by atoms with van der Waals surface area (Å²) in [5.41, 5.74) is -0.183. The maximum atomic E-state index is 9.89. The van der Waals surface area contributed by atoms with Crippen molar-refractivity contribution in [2.75, 3.05) is 0 Å². The maximum absolute atomic E-state index is 9.89. The molecule has 0 aromatic rings. The zero-order valence-corrected chi connectivity index (χ0v) is 6.77. The normalized spacial score (nSPS) is 22.6. The Morgan fingerprint density at radius 1 is 1.36 bits per heavy atom. The van der Waals surface area contributed by atoms with Gasteiger partial charge >= 0.3 is 0 Å². The van der Waals surface area contributed by atoms with Crippen LogP contribution in [0.2, 0.25) is 0 Å². The Labute approximate surface area is 67.4 Å². The van der Waals surface area contributed by atoms with Gasteiger partial charge in [0.05, 0.1) is 5.60 Å². The Bertz CT molecular complexity index is 168. The summed E-state index contributed by atoms with van der Waals surface area (Å²) < 4.78 is 0. The SMILES string of the molecule is C=C(C=N)C1(O)CCCCC1. The number of nitrogens with one attached hydrogen (secondary N) is 1. The van der Waals surface area contributed by atoms with E-state index in [2.05, 4.69) is 6.58 Å². The second kappa shape index (κ2) is 3.18. The van der Waals surface area contributed by atoms with Crippen LogP contribution < -0.4 is 0 Å². The molecule has 0 aromatic heterocycles. The third-order valence-electron chi connectivity index (χ3n) is 2.45. The summed E-state index contributed by atoms with van der Waals surface area (Å²) in [6.45, 7) is 3.68. The first-order valence-electron chi connectivity index (χ1n) is 4.11. The molecule has 0 aromatic carbocycles. The van der Waals surface area contributed by atoms with Crippen molar-refractivity contribution in [1.82, 2.24) is 0 Å². The quantitative estimate of drug-likeness (QED) is 0.584. The lowest BCUT2D eigenvalue weighted by Gasteiger charge is -2.32. The Balaban J connectivity index is 2.63. The van der Waals surface area contributed by atoms with E-state index in [0.717, 1.165) is 25.7 Å². The van der Waals surface area contributed by atoms with E-state index in [0.29, 0.717) is 5.57 Å². The van der Waals surface area contributed by atoms with E-state index in [-0.39, 0.29) is 0 Å². The number of hydrogen-bond acceptors (Lipinski definition) is 2. The number of hydrogen-bond donors (Lipinski definition) is 2. The minimum Gasteiger partial charge on any atom is -0.385 e. The average molecular weight is 153 g/mol. The highest BCUT2D eigenvalue weighted by atomic mass is 16.3. The molecule has 1 aliphatic rings. The van der Waals surface area contributed by atoms with Gasteiger partial charge in [-0.05, 0) is 18.4 Å². The van der Waals surface area contributed by atoms with Gasteiger partial charge in [0.25, 0.3) is 0 Å². The lowest BCUT2D eigenvalue weighted by atomic mass is 9.80. The van der Waals surface area contributed by atoms with Gasteiger partial charge in [-0.3, -0.25) is 0 Å². The molecule has 0 aliphatic heterocycles. The number of aliphatic hydroxyl groups is 1. The van der Waals surface area contributed by atoms with Crippen LogP contribution in [0.4, 0.5) is 0 Å². The first-order valence-corrected chi connectivity index (χ1v) is 4.11. The highest BCUT2D eigenvalue weighted by Gasteiger charge is 2.30. The lowest BCUT2D eigenvalue weighted by molar-refractivity contribution is 0.0460. The van der Waals surface area contributed by atoms with Crippen molar-refractivity contribution >= 4 is 6.21 Å². The van der Waals surface area contributed by atoms with Crippen molar-refractivity contribution in [3.63, 3.8) is 0 Å². The molecular formula is C9H15NO. The van der Waals surface area contributed by atoms with Crippen LogP contribution in [-0.4, -0.2) is 16.9 Å². The van der Waals surface area contributed by atoms with Crippen LogP contribution in [0, 0.1) is 5.41 Å². The highest BCUT2D eigenvalue weighted by molar-refractivity contribution is 5.77. The molecule has 0 spiro atoms. The van der Waals surface area contributed by atoms with Gasteiger partial charge in [-0.1, -0.05) is 25.8 Å². The fraction of sp³-hybridized carbons (Fsp3) is 0.667. The molecule has 1 fully saturated rings. The molecule has 0 atom stereocenters. The zero-order chi connectivity index (χ0) is 8.32. The largest absolute Gasteiger partial charge is 0.385 e. The molecule has 0 radical (unpaired) electrons. The summed E-state index contributed by atoms with van der Waals surface area (Å²) in [5.74, 6) is 0. The van der Waals surface area contributed by atoms with Crippen LogP contribution in [0.25, 0.3) is 0 Å². The van der Waals surface area contributed by atoms with Crippen molar-refractivity contribution in [2.45, 2.75) is 37.7 Å². The molecule has 2 nitrogen and oxygen atoms in total. The smallest absolute Gasteiger partial charge is 0.0905 e. The van der Waals surface area contributed by atoms with Crippen molar-refractivity contribution in [2.24, 2.45) is 0 Å². The molecule has 1 aliphatic carbocycles. The molecular weight excluding hydrogens is 138 g/mol. The monoisotopic (exact) mass is 153 g/mol. The fourth-order valence-corrected chi connectivity index (χ4v) is 1.59. The summed E-state index contributed by atoms with van der Waals surface area (Å²) in [6, 6.07) is 0. The topological polar surface area (TPSA) is 44.1 Å². The first kappa shape index (κ1) is 8.47. The molecule has 62 valence electrons. The first-order chi connectivity index (χ1) is 5.19. The zero-order valence-electron chi connectivity index (χ0n) is 6.77. The van der Waals surface area contributed by atoms with Gasteiger partial charge in [0.2, 0.25) is 0 Å². The maximum Gasteiger partial charge on any atom is 0.0905 e. The Morgan fingerprint density at radius 2 is 1.91 bits per heavy atom. The summed E-state index contributed by atoms with van der Waals surface area (Å²) in [4.78, 5) is 0. The minimum absolute atomic E-state index is 0.567. The second-order valence-electron chi connectivity index (χ2n) is 3.26. The lowest BCUT2D eigenvalue weighted by Crippen LogP contribution is -2.33. The molecule has 11 heavy (non-hydrogen) atoms. The summed E-state index contributed by atoms with van der Waals surface area (Å²) in [7, 11) is 0. The van der Waals surface area contributed by atoms with E-state index in [1.54, 1.807) is 0 Å². The summed E-state index contributed by atoms with van der Waals surface area (Å²) in [5, 5.41) is 16.9. The van der Waals surface area contributed by atoms with E-state index >= 15 is 0 Å². The van der Waals surface area contributed by atoms with E-state index in [9.17, 15) is 5.11 Å². The molecule has 1 rings (SSSR count). The van der Waals surface area contributed by atoms with Gasteiger partial charge < -0.3 is 10.5 Å². The fourth-order valence-electron chi connectivity index (χ4n) is 1.59. The van der Waals surface area contributed by atoms with Gasteiger partial charge in [0.1, 0.15) is 0 Å². The third-order valence-corrected chi connectivity index (χ3v) is 2.45. The van der Waals surface area contributed by atoms with Crippen LogP contribution in [-0.2, 0) is 0 Å². The molecule has 0 amide bonds. The molecule has 1 saturated carbocycles. The summed E-state index contributed by atoms with van der Waals surface area (Å²) in [6.07, 6.45) is 6.05. The van der Waals surface area contributed by atoms with Crippen molar-refractivity contribution in [3.8, 4) is 0 Å². The molecule has 0 bridgehead atoms. The molecule has 2 heteroatoms. The Kier molecular flexibility index (Phi) is 2.45. The van der Waals surface area contributed by atoms with Crippen LogP contribution >= 0.6 is 0 Å². The highest BCUT2D eigenvalue weighted by Crippen LogP contribution is 2.32. The molecule has 0 saturated heterocycles. The van der Waals surface area contributed by atoms with E-state index in [4.69, 9.17) is 5.41 Å². The molecule has 2 N–H and O–H groups in total. The van der Waals surface area contributed by atoms with Gasteiger partial charge in [-0.25, -0.2) is 0 Å². The van der Waals surface area contributed by atoms with Crippen LogP contribution in [0.3, 0.4) is 0 Å². The average Bonchev–Trinajstić information content (AvgIpc) is 2.04. The molecule has 0 unspecified atom stereocenters. The second-order valence-corrected chi connectivity index (χ2v) is 3.26. The van der Waals surface area contributed by atoms with E-state index in [1.807, 2.05) is 0 Å². The van der Waals surface area contributed by atoms with Crippen LogP contribution in [0.1, 0.15) is 32.1 Å². The summed E-state index contributed by atoms with van der Waals surface area (Å²) >= 11 is 0. The Hall–Kier alpha value is -0.630. The van der Waals surface area contributed by atoms with Crippen molar-refractivity contribution in [3.05, 3.63) is 12.2 Å². The van der Waals surface area contributed by atoms with E-state index < -0.39 is 5.60 Å². The van der Waals surface area contributed by atoms with Crippen LogP contribution in [0.15, 0.2) is 12.2 Å².